The van der Waals surface area contributed by atoms with Gasteiger partial charge in [0.2, 0.25) is 0 Å². The zero-order valence-electron chi connectivity index (χ0n) is 8.82. The van der Waals surface area contributed by atoms with E-state index in [1.807, 2.05) is 32.9 Å². The van der Waals surface area contributed by atoms with Crippen LogP contribution in [0.1, 0.15) is 26.3 Å². The molecule has 0 saturated carbocycles. The summed E-state index contributed by atoms with van der Waals surface area (Å²) in [7, 11) is 0. The van der Waals surface area contributed by atoms with Crippen LogP contribution in [-0.4, -0.2) is 11.2 Å². The normalized spacial score (nSPS) is 11.1. The Balaban J connectivity index is 3.01. The molecule has 0 aliphatic carbocycles. The van der Waals surface area contributed by atoms with Gasteiger partial charge in [-0.3, -0.25) is 0 Å². The van der Waals surface area contributed by atoms with E-state index in [1.54, 1.807) is 18.2 Å². The molecule has 0 amide bonds. The molecule has 0 aromatic heterocycles. The van der Waals surface area contributed by atoms with Crippen molar-refractivity contribution < 1.29 is 9.84 Å². The number of hydrogen-bond acceptors (Lipinski definition) is 2. The minimum Gasteiger partial charge on any atom is -0.508 e. The van der Waals surface area contributed by atoms with Gasteiger partial charge < -0.3 is 9.84 Å². The predicted molar refractivity (Wildman–Crippen MR) is 58.6 cm³/mol. The van der Waals surface area contributed by atoms with Crippen molar-refractivity contribution in [3.63, 3.8) is 0 Å². The number of phenolic OH excluding ortho intramolecular Hbond substituents is 1. The molecule has 76 valence electrons. The van der Waals surface area contributed by atoms with Gasteiger partial charge in [0.05, 0.1) is 6.10 Å². The van der Waals surface area contributed by atoms with Gasteiger partial charge in [-0.2, -0.15) is 0 Å². The molecule has 2 nitrogen and oxygen atoms in total. The van der Waals surface area contributed by atoms with Crippen LogP contribution in [0.4, 0.5) is 0 Å². The summed E-state index contributed by atoms with van der Waals surface area (Å²) >= 11 is 0. The molecular weight excluding hydrogens is 176 g/mol. The van der Waals surface area contributed by atoms with Gasteiger partial charge in [-0.05, 0) is 39.0 Å². The molecule has 1 rings (SSSR count). The third-order valence-electron chi connectivity index (χ3n) is 1.70. The number of allylic oxidation sites excluding steroid dienone is 1. The van der Waals surface area contributed by atoms with Crippen LogP contribution in [0.5, 0.6) is 11.5 Å². The monoisotopic (exact) mass is 192 g/mol. The highest BCUT2D eigenvalue weighted by atomic mass is 16.5. The molecule has 0 spiro atoms. The molecule has 14 heavy (non-hydrogen) atoms. The van der Waals surface area contributed by atoms with Gasteiger partial charge in [-0.25, -0.2) is 0 Å². The van der Waals surface area contributed by atoms with E-state index in [9.17, 15) is 5.11 Å². The van der Waals surface area contributed by atoms with Crippen LogP contribution in [-0.2, 0) is 0 Å². The molecular formula is C12H16O2. The Morgan fingerprint density at radius 2 is 2.07 bits per heavy atom. The highest BCUT2D eigenvalue weighted by Gasteiger charge is 2.03. The van der Waals surface area contributed by atoms with Gasteiger partial charge in [0.25, 0.3) is 0 Å². The van der Waals surface area contributed by atoms with E-state index in [1.165, 1.54) is 0 Å². The van der Waals surface area contributed by atoms with Crippen molar-refractivity contribution in [3.8, 4) is 11.5 Å². The summed E-state index contributed by atoms with van der Waals surface area (Å²) in [4.78, 5) is 0. The van der Waals surface area contributed by atoms with E-state index in [-0.39, 0.29) is 11.9 Å². The van der Waals surface area contributed by atoms with Crippen molar-refractivity contribution >= 4 is 6.08 Å². The van der Waals surface area contributed by atoms with E-state index >= 15 is 0 Å². The summed E-state index contributed by atoms with van der Waals surface area (Å²) in [5, 5.41) is 9.31. The standard InChI is InChI=1S/C12H16O2/c1-4-5-10-8-11(13)6-7-12(10)14-9(2)3/h4-9,13H,1-3H3/b5-4+. The van der Waals surface area contributed by atoms with Gasteiger partial charge >= 0.3 is 0 Å². The minimum atomic E-state index is 0.142. The maximum Gasteiger partial charge on any atom is 0.127 e. The molecule has 0 heterocycles. The summed E-state index contributed by atoms with van der Waals surface area (Å²) in [6.07, 6.45) is 3.97. The van der Waals surface area contributed by atoms with Crippen LogP contribution in [0.3, 0.4) is 0 Å². The van der Waals surface area contributed by atoms with Crippen LogP contribution in [0.15, 0.2) is 24.3 Å². The van der Waals surface area contributed by atoms with Gasteiger partial charge in [0.15, 0.2) is 0 Å². The van der Waals surface area contributed by atoms with Gasteiger partial charge in [0, 0.05) is 5.56 Å². The maximum absolute atomic E-state index is 9.31. The first-order valence-corrected chi connectivity index (χ1v) is 4.76. The first-order chi connectivity index (χ1) is 6.63. The fraction of sp³-hybridized carbons (Fsp3) is 0.333. The van der Waals surface area contributed by atoms with Crippen LogP contribution >= 0.6 is 0 Å². The average Bonchev–Trinajstić information content (AvgIpc) is 2.09. The topological polar surface area (TPSA) is 29.5 Å². The molecule has 1 N–H and O–H groups in total. The second-order valence-electron chi connectivity index (χ2n) is 3.39. The molecule has 0 atom stereocenters. The van der Waals surface area contributed by atoms with Gasteiger partial charge in [0.1, 0.15) is 11.5 Å². The smallest absolute Gasteiger partial charge is 0.127 e. The Bertz CT molecular complexity index is 327. The lowest BCUT2D eigenvalue weighted by Gasteiger charge is -2.12. The number of aromatic hydroxyl groups is 1. The summed E-state index contributed by atoms with van der Waals surface area (Å²) in [6, 6.07) is 5.10. The summed E-state index contributed by atoms with van der Waals surface area (Å²) in [5.41, 5.74) is 0.904. The average molecular weight is 192 g/mol. The van der Waals surface area contributed by atoms with E-state index in [0.29, 0.717) is 0 Å². The van der Waals surface area contributed by atoms with Crippen LogP contribution in [0.25, 0.3) is 6.08 Å². The van der Waals surface area contributed by atoms with Crippen LogP contribution < -0.4 is 4.74 Å². The number of phenols is 1. The number of rotatable bonds is 3. The molecule has 0 fully saturated rings. The largest absolute Gasteiger partial charge is 0.508 e. The Labute approximate surface area is 84.8 Å². The van der Waals surface area contributed by atoms with Crippen molar-refractivity contribution in [3.05, 3.63) is 29.8 Å². The SMILES string of the molecule is C/C=C/c1cc(O)ccc1OC(C)C. The molecule has 1 aromatic rings. The van der Waals surface area contributed by atoms with E-state index in [0.717, 1.165) is 11.3 Å². The highest BCUT2D eigenvalue weighted by molar-refractivity contribution is 5.59. The predicted octanol–water partition coefficient (Wildman–Crippen LogP) is 3.21. The summed E-state index contributed by atoms with van der Waals surface area (Å²) in [5.74, 6) is 1.06. The van der Waals surface area contributed by atoms with E-state index < -0.39 is 0 Å². The van der Waals surface area contributed by atoms with Crippen LogP contribution in [0, 0.1) is 0 Å². The van der Waals surface area contributed by atoms with Gasteiger partial charge in [-0.1, -0.05) is 12.2 Å². The Kier molecular flexibility index (Phi) is 3.57. The van der Waals surface area contributed by atoms with Crippen molar-refractivity contribution in [2.24, 2.45) is 0 Å². The Hall–Kier alpha value is -1.44. The molecule has 0 saturated heterocycles. The first-order valence-electron chi connectivity index (χ1n) is 4.76. The van der Waals surface area contributed by atoms with Crippen molar-refractivity contribution in [2.45, 2.75) is 26.9 Å². The van der Waals surface area contributed by atoms with E-state index in [4.69, 9.17) is 4.74 Å². The lowest BCUT2D eigenvalue weighted by molar-refractivity contribution is 0.241. The summed E-state index contributed by atoms with van der Waals surface area (Å²) < 4.78 is 5.59. The number of hydrogen-bond donors (Lipinski definition) is 1. The third kappa shape index (κ3) is 2.80. The van der Waals surface area contributed by atoms with Gasteiger partial charge in [-0.15, -0.1) is 0 Å². The quantitative estimate of drug-likeness (QED) is 0.796. The Morgan fingerprint density at radius 3 is 2.64 bits per heavy atom. The molecule has 0 radical (unpaired) electrons. The Morgan fingerprint density at radius 1 is 1.36 bits per heavy atom. The highest BCUT2D eigenvalue weighted by Crippen LogP contribution is 2.25. The molecule has 0 aliphatic heterocycles. The summed E-state index contributed by atoms with van der Waals surface area (Å²) in [6.45, 7) is 5.89. The third-order valence-corrected chi connectivity index (χ3v) is 1.70. The number of benzene rings is 1. The maximum atomic E-state index is 9.31. The zero-order chi connectivity index (χ0) is 10.6. The number of ether oxygens (including phenoxy) is 1. The van der Waals surface area contributed by atoms with Crippen molar-refractivity contribution in [2.75, 3.05) is 0 Å². The van der Waals surface area contributed by atoms with Crippen molar-refractivity contribution in [1.82, 2.24) is 0 Å². The molecule has 2 heteroatoms. The lowest BCUT2D eigenvalue weighted by atomic mass is 10.1. The second kappa shape index (κ2) is 4.70. The van der Waals surface area contributed by atoms with Crippen molar-refractivity contribution in [1.29, 1.82) is 0 Å². The van der Waals surface area contributed by atoms with E-state index in [2.05, 4.69) is 0 Å². The minimum absolute atomic E-state index is 0.142. The first kappa shape index (κ1) is 10.6. The molecule has 0 bridgehead atoms. The molecule has 0 unspecified atom stereocenters. The molecule has 1 aromatic carbocycles. The lowest BCUT2D eigenvalue weighted by Crippen LogP contribution is -2.06. The fourth-order valence-corrected chi connectivity index (χ4v) is 1.21. The molecule has 0 aliphatic rings. The zero-order valence-corrected chi connectivity index (χ0v) is 8.82. The second-order valence-corrected chi connectivity index (χ2v) is 3.39. The fourth-order valence-electron chi connectivity index (χ4n) is 1.21. The van der Waals surface area contributed by atoms with Crippen LogP contribution in [0.2, 0.25) is 0 Å².